The van der Waals surface area contributed by atoms with E-state index in [1.165, 1.54) is 0 Å². The number of nitrogens with one attached hydrogen (secondary N) is 1. The van der Waals surface area contributed by atoms with Crippen LogP contribution in [-0.4, -0.2) is 18.2 Å². The van der Waals surface area contributed by atoms with Crippen molar-refractivity contribution in [2.75, 3.05) is 11.9 Å². The van der Waals surface area contributed by atoms with Crippen LogP contribution in [0.25, 0.3) is 0 Å². The van der Waals surface area contributed by atoms with E-state index in [2.05, 4.69) is 12.2 Å². The minimum absolute atomic E-state index is 0.238. The van der Waals surface area contributed by atoms with E-state index in [9.17, 15) is 4.79 Å². The molecule has 0 bridgehead atoms. The molecule has 0 aliphatic carbocycles. The van der Waals surface area contributed by atoms with Gasteiger partial charge in [-0.2, -0.15) is 0 Å². The molecule has 0 aliphatic rings. The highest BCUT2D eigenvalue weighted by Gasteiger charge is 2.18. The topological polar surface area (TPSA) is 64.3 Å². The molecule has 0 radical (unpaired) electrons. The number of anilines is 1. The molecular weight excluding hydrogens is 276 g/mol. The molecule has 0 aromatic heterocycles. The van der Waals surface area contributed by atoms with Crippen LogP contribution in [0.2, 0.25) is 5.02 Å². The molecule has 0 spiro atoms. The van der Waals surface area contributed by atoms with Crippen LogP contribution in [0.3, 0.4) is 0 Å². The molecular formula is C15H23ClN2O2. The lowest BCUT2D eigenvalue weighted by Gasteiger charge is -2.21. The minimum atomic E-state index is -0.536. The van der Waals surface area contributed by atoms with Crippen LogP contribution in [0.1, 0.15) is 45.6 Å². The Morgan fingerprint density at radius 3 is 2.65 bits per heavy atom. The highest BCUT2D eigenvalue weighted by Crippen LogP contribution is 2.29. The number of carbonyl (C=O) groups excluding carboxylic acids is 1. The standard InChI is InChI=1S/C15H23ClN2O2/c1-10(7-8-17)12-6-5-11(16)9-13(12)18-14(19)20-15(2,3)4/h5-6,9-10H,7-8,17H2,1-4H3,(H,18,19). The first-order valence-corrected chi connectivity index (χ1v) is 7.10. The lowest BCUT2D eigenvalue weighted by molar-refractivity contribution is 0.0636. The fourth-order valence-corrected chi connectivity index (χ4v) is 2.06. The molecule has 1 aromatic carbocycles. The summed E-state index contributed by atoms with van der Waals surface area (Å²) in [5, 5.41) is 3.33. The molecule has 1 atom stereocenters. The summed E-state index contributed by atoms with van der Waals surface area (Å²) in [5.41, 5.74) is 6.74. The molecule has 20 heavy (non-hydrogen) atoms. The van der Waals surface area contributed by atoms with Gasteiger partial charge in [0.05, 0.1) is 0 Å². The third-order valence-electron chi connectivity index (χ3n) is 2.78. The zero-order chi connectivity index (χ0) is 15.3. The number of benzene rings is 1. The van der Waals surface area contributed by atoms with Crippen LogP contribution in [0.15, 0.2) is 18.2 Å². The molecule has 1 amide bonds. The maximum Gasteiger partial charge on any atom is 0.412 e. The summed E-state index contributed by atoms with van der Waals surface area (Å²) in [6.45, 7) is 8.12. The predicted molar refractivity (Wildman–Crippen MR) is 83.4 cm³/mol. The maximum atomic E-state index is 11.9. The van der Waals surface area contributed by atoms with Gasteiger partial charge < -0.3 is 10.5 Å². The quantitative estimate of drug-likeness (QED) is 0.878. The van der Waals surface area contributed by atoms with E-state index in [1.54, 1.807) is 6.07 Å². The average molecular weight is 299 g/mol. The van der Waals surface area contributed by atoms with Gasteiger partial charge in [-0.05, 0) is 57.4 Å². The van der Waals surface area contributed by atoms with Gasteiger partial charge in [0, 0.05) is 10.7 Å². The zero-order valence-corrected chi connectivity index (χ0v) is 13.3. The Labute approximate surface area is 125 Å². The van der Waals surface area contributed by atoms with Gasteiger partial charge in [-0.15, -0.1) is 0 Å². The molecule has 5 heteroatoms. The highest BCUT2D eigenvalue weighted by atomic mass is 35.5. The van der Waals surface area contributed by atoms with Crippen molar-refractivity contribution in [1.82, 2.24) is 0 Å². The van der Waals surface area contributed by atoms with Crippen LogP contribution in [0.4, 0.5) is 10.5 Å². The van der Waals surface area contributed by atoms with Crippen molar-refractivity contribution in [2.24, 2.45) is 5.73 Å². The summed E-state index contributed by atoms with van der Waals surface area (Å²) in [7, 11) is 0. The Morgan fingerprint density at radius 1 is 1.45 bits per heavy atom. The van der Waals surface area contributed by atoms with Gasteiger partial charge in [0.1, 0.15) is 5.60 Å². The fraction of sp³-hybridized carbons (Fsp3) is 0.533. The Hall–Kier alpha value is -1.26. The Bertz CT molecular complexity index is 469. The average Bonchev–Trinajstić information content (AvgIpc) is 2.26. The first-order chi connectivity index (χ1) is 9.23. The number of ether oxygens (including phenoxy) is 1. The van der Waals surface area contributed by atoms with Gasteiger partial charge >= 0.3 is 6.09 Å². The highest BCUT2D eigenvalue weighted by molar-refractivity contribution is 6.31. The number of hydrogen-bond donors (Lipinski definition) is 2. The summed E-state index contributed by atoms with van der Waals surface area (Å²) in [4.78, 5) is 11.9. The van der Waals surface area contributed by atoms with Crippen LogP contribution in [0.5, 0.6) is 0 Å². The Morgan fingerprint density at radius 2 is 2.10 bits per heavy atom. The third kappa shape index (κ3) is 5.39. The summed E-state index contributed by atoms with van der Waals surface area (Å²) in [6.07, 6.45) is 0.353. The van der Waals surface area contributed by atoms with E-state index in [-0.39, 0.29) is 5.92 Å². The first kappa shape index (κ1) is 16.8. The normalized spacial score (nSPS) is 12.9. The maximum absolute atomic E-state index is 11.9. The van der Waals surface area contributed by atoms with E-state index in [0.29, 0.717) is 17.3 Å². The zero-order valence-electron chi connectivity index (χ0n) is 12.5. The lowest BCUT2D eigenvalue weighted by Crippen LogP contribution is -2.27. The van der Waals surface area contributed by atoms with Crippen molar-refractivity contribution in [3.63, 3.8) is 0 Å². The number of rotatable bonds is 4. The van der Waals surface area contributed by atoms with Crippen LogP contribution < -0.4 is 11.1 Å². The van der Waals surface area contributed by atoms with Crippen molar-refractivity contribution >= 4 is 23.4 Å². The van der Waals surface area contributed by atoms with Crippen molar-refractivity contribution in [3.05, 3.63) is 28.8 Å². The Kier molecular flexibility index (Phi) is 5.84. The molecule has 0 saturated carbocycles. The monoisotopic (exact) mass is 298 g/mol. The van der Waals surface area contributed by atoms with E-state index in [4.69, 9.17) is 22.1 Å². The van der Waals surface area contributed by atoms with E-state index in [0.717, 1.165) is 12.0 Å². The van der Waals surface area contributed by atoms with Crippen LogP contribution in [-0.2, 0) is 4.74 Å². The first-order valence-electron chi connectivity index (χ1n) is 6.72. The van der Waals surface area contributed by atoms with E-state index < -0.39 is 11.7 Å². The Balaban J connectivity index is 2.92. The van der Waals surface area contributed by atoms with Gasteiger partial charge in [0.15, 0.2) is 0 Å². The van der Waals surface area contributed by atoms with Crippen molar-refractivity contribution < 1.29 is 9.53 Å². The molecule has 1 unspecified atom stereocenters. The van der Waals surface area contributed by atoms with Crippen molar-refractivity contribution in [3.8, 4) is 0 Å². The molecule has 3 N–H and O–H groups in total. The second-order valence-electron chi connectivity index (χ2n) is 5.84. The number of nitrogens with two attached hydrogens (primary N) is 1. The molecule has 0 saturated heterocycles. The van der Waals surface area contributed by atoms with Gasteiger partial charge in [-0.1, -0.05) is 24.6 Å². The second kappa shape index (κ2) is 6.95. The number of halogens is 1. The molecule has 112 valence electrons. The number of hydrogen-bond acceptors (Lipinski definition) is 3. The summed E-state index contributed by atoms with van der Waals surface area (Å²) in [5.74, 6) is 0.238. The smallest absolute Gasteiger partial charge is 0.412 e. The lowest BCUT2D eigenvalue weighted by atomic mass is 9.96. The molecule has 0 aliphatic heterocycles. The van der Waals surface area contributed by atoms with Crippen molar-refractivity contribution in [2.45, 2.75) is 45.6 Å². The van der Waals surface area contributed by atoms with Crippen molar-refractivity contribution in [1.29, 1.82) is 0 Å². The number of carbonyl (C=O) groups is 1. The summed E-state index contributed by atoms with van der Waals surface area (Å²) in [6, 6.07) is 5.45. The molecule has 1 rings (SSSR count). The molecule has 0 fully saturated rings. The van der Waals surface area contributed by atoms with Crippen LogP contribution >= 0.6 is 11.6 Å². The summed E-state index contributed by atoms with van der Waals surface area (Å²) >= 11 is 6.00. The van der Waals surface area contributed by atoms with E-state index in [1.807, 2.05) is 32.9 Å². The van der Waals surface area contributed by atoms with Gasteiger partial charge in [-0.3, -0.25) is 5.32 Å². The third-order valence-corrected chi connectivity index (χ3v) is 3.02. The van der Waals surface area contributed by atoms with Gasteiger partial charge in [-0.25, -0.2) is 4.79 Å². The SMILES string of the molecule is CC(CCN)c1ccc(Cl)cc1NC(=O)OC(C)(C)C. The predicted octanol–water partition coefficient (Wildman–Crippen LogP) is 4.14. The molecule has 1 aromatic rings. The van der Waals surface area contributed by atoms with Gasteiger partial charge in [0.25, 0.3) is 0 Å². The van der Waals surface area contributed by atoms with Gasteiger partial charge in [0.2, 0.25) is 0 Å². The summed E-state index contributed by atoms with van der Waals surface area (Å²) < 4.78 is 5.26. The molecule has 0 heterocycles. The number of amides is 1. The van der Waals surface area contributed by atoms with E-state index >= 15 is 0 Å². The largest absolute Gasteiger partial charge is 0.444 e. The second-order valence-corrected chi connectivity index (χ2v) is 6.27. The van der Waals surface area contributed by atoms with Crippen LogP contribution in [0, 0.1) is 0 Å². The minimum Gasteiger partial charge on any atom is -0.444 e. The molecule has 4 nitrogen and oxygen atoms in total. The fourth-order valence-electron chi connectivity index (χ4n) is 1.89.